The molecule has 1 aliphatic rings. The van der Waals surface area contributed by atoms with Gasteiger partial charge in [0.1, 0.15) is 10.6 Å². The summed E-state index contributed by atoms with van der Waals surface area (Å²) in [4.78, 5) is 14.0. The van der Waals surface area contributed by atoms with Crippen LogP contribution in [0.5, 0.6) is 0 Å². The summed E-state index contributed by atoms with van der Waals surface area (Å²) >= 11 is 1.73. The minimum Gasteiger partial charge on any atom is -0.369 e. The molecule has 0 amide bonds. The third-order valence-electron chi connectivity index (χ3n) is 3.90. The van der Waals surface area contributed by atoms with Gasteiger partial charge >= 0.3 is 0 Å². The van der Waals surface area contributed by atoms with E-state index in [0.717, 1.165) is 35.1 Å². The van der Waals surface area contributed by atoms with E-state index in [0.29, 0.717) is 5.92 Å². The van der Waals surface area contributed by atoms with Crippen molar-refractivity contribution < 1.29 is 0 Å². The largest absolute Gasteiger partial charge is 0.369 e. The molecule has 1 aliphatic heterocycles. The zero-order chi connectivity index (χ0) is 14.8. The number of aromatic nitrogens is 2. The first-order chi connectivity index (χ1) is 10.2. The number of hydrogen-bond acceptors (Lipinski definition) is 6. The molecule has 6 heteroatoms. The average Bonchev–Trinajstić information content (AvgIpc) is 3.01. The summed E-state index contributed by atoms with van der Waals surface area (Å²) in [6.45, 7) is 8.37. The fraction of sp³-hybridized carbons (Fsp3) is 0.600. The van der Waals surface area contributed by atoms with Crippen LogP contribution < -0.4 is 10.6 Å². The maximum absolute atomic E-state index is 4.64. The molecule has 0 bridgehead atoms. The highest BCUT2D eigenvalue weighted by molar-refractivity contribution is 7.18. The van der Waals surface area contributed by atoms with Gasteiger partial charge in [-0.25, -0.2) is 4.98 Å². The Morgan fingerprint density at radius 3 is 2.95 bits per heavy atom. The molecule has 21 heavy (non-hydrogen) atoms. The molecule has 3 rings (SSSR count). The van der Waals surface area contributed by atoms with E-state index in [4.69, 9.17) is 0 Å². The topological polar surface area (TPSA) is 53.1 Å². The monoisotopic (exact) mass is 305 g/mol. The van der Waals surface area contributed by atoms with Crippen molar-refractivity contribution in [2.75, 3.05) is 43.9 Å². The van der Waals surface area contributed by atoms with Crippen LogP contribution in [0.1, 0.15) is 18.2 Å². The van der Waals surface area contributed by atoms with Crippen LogP contribution in [-0.4, -0.2) is 48.1 Å². The van der Waals surface area contributed by atoms with E-state index in [-0.39, 0.29) is 0 Å². The second-order valence-electron chi connectivity index (χ2n) is 5.80. The van der Waals surface area contributed by atoms with E-state index >= 15 is 0 Å². The van der Waals surface area contributed by atoms with Gasteiger partial charge in [-0.1, -0.05) is 0 Å². The Morgan fingerprint density at radius 1 is 1.38 bits per heavy atom. The van der Waals surface area contributed by atoms with Crippen molar-refractivity contribution in [2.24, 2.45) is 5.92 Å². The molecule has 0 spiro atoms. The van der Waals surface area contributed by atoms with Crippen molar-refractivity contribution in [1.29, 1.82) is 0 Å². The van der Waals surface area contributed by atoms with Gasteiger partial charge in [0.05, 0.1) is 5.39 Å². The Hall–Kier alpha value is -1.40. The first-order valence-corrected chi connectivity index (χ1v) is 8.42. The van der Waals surface area contributed by atoms with Crippen LogP contribution in [0.25, 0.3) is 10.2 Å². The molecule has 1 unspecified atom stereocenters. The Balaban J connectivity index is 1.81. The maximum atomic E-state index is 4.64. The molecule has 3 heterocycles. The summed E-state index contributed by atoms with van der Waals surface area (Å²) in [5, 5.41) is 7.92. The average molecular weight is 305 g/mol. The van der Waals surface area contributed by atoms with Crippen LogP contribution in [0.2, 0.25) is 0 Å². The predicted molar refractivity (Wildman–Crippen MR) is 90.4 cm³/mol. The van der Waals surface area contributed by atoms with Crippen molar-refractivity contribution in [3.05, 3.63) is 10.9 Å². The Kier molecular flexibility index (Phi) is 4.26. The fourth-order valence-electron chi connectivity index (χ4n) is 2.85. The van der Waals surface area contributed by atoms with Gasteiger partial charge in [-0.3, -0.25) is 0 Å². The van der Waals surface area contributed by atoms with Gasteiger partial charge in [0.2, 0.25) is 5.95 Å². The van der Waals surface area contributed by atoms with Crippen molar-refractivity contribution in [2.45, 2.75) is 20.3 Å². The zero-order valence-electron chi connectivity index (χ0n) is 12.9. The molecule has 1 atom stereocenters. The Morgan fingerprint density at radius 2 is 2.24 bits per heavy atom. The fourth-order valence-corrected chi connectivity index (χ4v) is 3.73. The highest BCUT2D eigenvalue weighted by atomic mass is 32.1. The molecule has 2 aromatic rings. The summed E-state index contributed by atoms with van der Waals surface area (Å²) in [7, 11) is 2.19. The van der Waals surface area contributed by atoms with Gasteiger partial charge in [-0.2, -0.15) is 4.98 Å². The third kappa shape index (κ3) is 3.27. The summed E-state index contributed by atoms with van der Waals surface area (Å²) in [5.74, 6) is 2.40. The molecule has 114 valence electrons. The summed E-state index contributed by atoms with van der Waals surface area (Å²) in [6.07, 6.45) is 1.26. The maximum Gasteiger partial charge on any atom is 0.226 e. The first kappa shape index (κ1) is 14.5. The molecular weight excluding hydrogens is 282 g/mol. The van der Waals surface area contributed by atoms with E-state index in [1.807, 2.05) is 0 Å². The number of likely N-dealkylation sites (tertiary alicyclic amines) is 1. The standard InChI is InChI=1S/C15H23N5S/c1-4-16-15-18-13(12-7-10(2)21-14(12)19-15)17-8-11-5-6-20(3)9-11/h7,11H,4-6,8-9H2,1-3H3,(H2,16,17,18,19). The molecule has 0 aromatic carbocycles. The molecule has 1 saturated heterocycles. The predicted octanol–water partition coefficient (Wildman–Crippen LogP) is 2.80. The number of thiophene rings is 1. The van der Waals surface area contributed by atoms with Crippen molar-refractivity contribution >= 4 is 33.3 Å². The molecule has 0 radical (unpaired) electrons. The van der Waals surface area contributed by atoms with E-state index in [1.54, 1.807) is 11.3 Å². The van der Waals surface area contributed by atoms with Crippen molar-refractivity contribution in [3.8, 4) is 0 Å². The molecule has 0 saturated carbocycles. The number of anilines is 2. The Labute approximate surface area is 129 Å². The molecule has 0 aliphatic carbocycles. The van der Waals surface area contributed by atoms with E-state index in [2.05, 4.69) is 52.5 Å². The van der Waals surface area contributed by atoms with Crippen LogP contribution in [0.4, 0.5) is 11.8 Å². The number of nitrogens with zero attached hydrogens (tertiary/aromatic N) is 3. The number of aryl methyl sites for hydroxylation is 1. The van der Waals surface area contributed by atoms with Crippen LogP contribution in [0.3, 0.4) is 0 Å². The first-order valence-electron chi connectivity index (χ1n) is 7.60. The minimum atomic E-state index is 0.710. The zero-order valence-corrected chi connectivity index (χ0v) is 13.8. The lowest BCUT2D eigenvalue weighted by molar-refractivity contribution is 0.399. The van der Waals surface area contributed by atoms with Crippen LogP contribution in [0.15, 0.2) is 6.07 Å². The second kappa shape index (κ2) is 6.15. The number of fused-ring (bicyclic) bond motifs is 1. The van der Waals surface area contributed by atoms with Gasteiger partial charge < -0.3 is 15.5 Å². The van der Waals surface area contributed by atoms with Gasteiger partial charge in [-0.05, 0) is 45.8 Å². The normalized spacial score (nSPS) is 19.3. The lowest BCUT2D eigenvalue weighted by Gasteiger charge is -2.13. The van der Waals surface area contributed by atoms with Gasteiger partial charge in [-0.15, -0.1) is 11.3 Å². The van der Waals surface area contributed by atoms with E-state index in [9.17, 15) is 0 Å². The SMILES string of the molecule is CCNc1nc(NCC2CCN(C)C2)c2cc(C)sc2n1. The Bertz CT molecular complexity index is 624. The number of rotatable bonds is 5. The van der Waals surface area contributed by atoms with Crippen LogP contribution in [-0.2, 0) is 0 Å². The summed E-state index contributed by atoms with van der Waals surface area (Å²) in [6, 6.07) is 2.18. The van der Waals surface area contributed by atoms with Crippen LogP contribution >= 0.6 is 11.3 Å². The van der Waals surface area contributed by atoms with E-state index < -0.39 is 0 Å². The van der Waals surface area contributed by atoms with Gasteiger partial charge in [0, 0.05) is 24.5 Å². The minimum absolute atomic E-state index is 0.710. The molecule has 1 fully saturated rings. The van der Waals surface area contributed by atoms with Crippen molar-refractivity contribution in [1.82, 2.24) is 14.9 Å². The molecule has 2 aromatic heterocycles. The van der Waals surface area contributed by atoms with E-state index in [1.165, 1.54) is 24.4 Å². The smallest absolute Gasteiger partial charge is 0.226 e. The highest BCUT2D eigenvalue weighted by Gasteiger charge is 2.20. The summed E-state index contributed by atoms with van der Waals surface area (Å²) in [5.41, 5.74) is 0. The van der Waals surface area contributed by atoms with Gasteiger partial charge in [0.25, 0.3) is 0 Å². The van der Waals surface area contributed by atoms with Crippen LogP contribution in [0, 0.1) is 12.8 Å². The van der Waals surface area contributed by atoms with Crippen molar-refractivity contribution in [3.63, 3.8) is 0 Å². The number of nitrogens with one attached hydrogen (secondary N) is 2. The summed E-state index contributed by atoms with van der Waals surface area (Å²) < 4.78 is 0. The highest BCUT2D eigenvalue weighted by Crippen LogP contribution is 2.30. The lowest BCUT2D eigenvalue weighted by Crippen LogP contribution is -2.19. The number of hydrogen-bond donors (Lipinski definition) is 2. The molecule has 5 nitrogen and oxygen atoms in total. The lowest BCUT2D eigenvalue weighted by atomic mass is 10.1. The molecule has 2 N–H and O–H groups in total. The quantitative estimate of drug-likeness (QED) is 0.889. The molecular formula is C15H23N5S. The third-order valence-corrected chi connectivity index (χ3v) is 4.84. The second-order valence-corrected chi connectivity index (χ2v) is 7.03. The van der Waals surface area contributed by atoms with Gasteiger partial charge in [0.15, 0.2) is 0 Å².